The van der Waals surface area contributed by atoms with Gasteiger partial charge in [-0.1, -0.05) is 50.5 Å². The van der Waals surface area contributed by atoms with Crippen LogP contribution in [0.5, 0.6) is 5.75 Å². The fourth-order valence-electron chi connectivity index (χ4n) is 3.04. The largest absolute Gasteiger partial charge is 0.494 e. The number of ether oxygens (including phenoxy) is 1. The summed E-state index contributed by atoms with van der Waals surface area (Å²) >= 11 is 0. The highest BCUT2D eigenvalue weighted by Gasteiger charge is 2.15. The molecule has 5 nitrogen and oxygen atoms in total. The van der Waals surface area contributed by atoms with Crippen molar-refractivity contribution in [2.75, 3.05) is 6.61 Å². The predicted molar refractivity (Wildman–Crippen MR) is 102 cm³/mol. The van der Waals surface area contributed by atoms with E-state index in [9.17, 15) is 9.90 Å². The van der Waals surface area contributed by atoms with E-state index in [-0.39, 0.29) is 6.54 Å². The van der Waals surface area contributed by atoms with Crippen molar-refractivity contribution in [1.82, 2.24) is 9.55 Å². The zero-order valence-corrected chi connectivity index (χ0v) is 15.0. The summed E-state index contributed by atoms with van der Waals surface area (Å²) in [6.45, 7) is 2.75. The van der Waals surface area contributed by atoms with Gasteiger partial charge in [0.2, 0.25) is 0 Å². The molecule has 0 atom stereocenters. The highest BCUT2D eigenvalue weighted by molar-refractivity contribution is 5.83. The van der Waals surface area contributed by atoms with Gasteiger partial charge in [0.05, 0.1) is 17.6 Å². The van der Waals surface area contributed by atoms with Crippen LogP contribution < -0.4 is 4.74 Å². The number of aromatic nitrogens is 2. The number of carboxylic acids is 1. The van der Waals surface area contributed by atoms with Gasteiger partial charge in [-0.25, -0.2) is 4.98 Å². The number of imidazole rings is 1. The molecule has 5 heteroatoms. The number of fused-ring (bicyclic) bond motifs is 1. The van der Waals surface area contributed by atoms with Crippen molar-refractivity contribution < 1.29 is 14.6 Å². The van der Waals surface area contributed by atoms with E-state index in [1.807, 2.05) is 48.5 Å². The van der Waals surface area contributed by atoms with Gasteiger partial charge >= 0.3 is 5.97 Å². The lowest BCUT2D eigenvalue weighted by Gasteiger charge is -2.09. The van der Waals surface area contributed by atoms with Crippen LogP contribution in [0.4, 0.5) is 0 Å². The molecule has 0 aliphatic carbocycles. The average Bonchev–Trinajstić information content (AvgIpc) is 3.00. The quantitative estimate of drug-likeness (QED) is 0.565. The number of benzene rings is 2. The molecule has 3 aromatic rings. The number of nitrogens with zero attached hydrogens (tertiary/aromatic N) is 2. The number of carboxylic acid groups (broad SMARTS) is 1. The third kappa shape index (κ3) is 4.23. The maximum atomic E-state index is 11.3. The molecule has 0 saturated carbocycles. The fourth-order valence-corrected chi connectivity index (χ4v) is 3.04. The molecule has 0 spiro atoms. The van der Waals surface area contributed by atoms with E-state index in [1.54, 1.807) is 4.57 Å². The summed E-state index contributed by atoms with van der Waals surface area (Å²) in [5, 5.41) is 9.28. The topological polar surface area (TPSA) is 64.4 Å². The Hall–Kier alpha value is -2.82. The molecule has 0 saturated heterocycles. The van der Waals surface area contributed by atoms with Gasteiger partial charge in [-0.15, -0.1) is 0 Å². The predicted octanol–water partition coefficient (Wildman–Crippen LogP) is 4.75. The first-order valence-electron chi connectivity index (χ1n) is 9.09. The fraction of sp³-hybridized carbons (Fsp3) is 0.333. The standard InChI is InChI=1S/C21H24N2O3/c1-2-3-4-7-13-26-17-10-8-9-16(14-17)21-22-18-11-5-6-12-19(18)23(21)15-20(24)25/h5-6,8-12,14H,2-4,7,13,15H2,1H3,(H,24,25). The number of hydrogen-bond donors (Lipinski definition) is 1. The molecule has 1 aromatic heterocycles. The molecule has 1 N–H and O–H groups in total. The highest BCUT2D eigenvalue weighted by Crippen LogP contribution is 2.27. The molecule has 0 amide bonds. The second kappa shape index (κ2) is 8.52. The Morgan fingerprint density at radius 3 is 2.77 bits per heavy atom. The van der Waals surface area contributed by atoms with Gasteiger partial charge in [-0.05, 0) is 30.7 Å². The molecule has 0 aliphatic rings. The smallest absolute Gasteiger partial charge is 0.323 e. The first kappa shape index (κ1) is 18.0. The highest BCUT2D eigenvalue weighted by atomic mass is 16.5. The van der Waals surface area contributed by atoms with Crippen molar-refractivity contribution in [3.8, 4) is 17.1 Å². The van der Waals surface area contributed by atoms with Gasteiger partial charge in [-0.3, -0.25) is 4.79 Å². The van der Waals surface area contributed by atoms with Gasteiger partial charge in [0.1, 0.15) is 18.1 Å². The van der Waals surface area contributed by atoms with Gasteiger partial charge in [-0.2, -0.15) is 0 Å². The van der Waals surface area contributed by atoms with Crippen molar-refractivity contribution in [3.05, 3.63) is 48.5 Å². The van der Waals surface area contributed by atoms with Crippen LogP contribution in [-0.4, -0.2) is 27.2 Å². The maximum Gasteiger partial charge on any atom is 0.323 e. The number of unbranched alkanes of at least 4 members (excludes halogenated alkanes) is 3. The van der Waals surface area contributed by atoms with E-state index in [0.717, 1.165) is 28.8 Å². The lowest BCUT2D eigenvalue weighted by molar-refractivity contribution is -0.137. The second-order valence-corrected chi connectivity index (χ2v) is 6.34. The Bertz CT molecular complexity index is 886. The van der Waals surface area contributed by atoms with Crippen LogP contribution in [0.2, 0.25) is 0 Å². The summed E-state index contributed by atoms with van der Waals surface area (Å²) in [7, 11) is 0. The van der Waals surface area contributed by atoms with Crippen LogP contribution in [0.1, 0.15) is 32.6 Å². The first-order chi connectivity index (χ1) is 12.7. The number of carbonyl (C=O) groups is 1. The summed E-state index contributed by atoms with van der Waals surface area (Å²) in [4.78, 5) is 16.0. The van der Waals surface area contributed by atoms with E-state index >= 15 is 0 Å². The number of para-hydroxylation sites is 2. The summed E-state index contributed by atoms with van der Waals surface area (Å²) in [6, 6.07) is 15.3. The lowest BCUT2D eigenvalue weighted by Crippen LogP contribution is -2.10. The number of aliphatic carboxylic acids is 1. The molecule has 136 valence electrons. The van der Waals surface area contributed by atoms with Crippen molar-refractivity contribution in [3.63, 3.8) is 0 Å². The minimum absolute atomic E-state index is 0.127. The van der Waals surface area contributed by atoms with Crippen molar-refractivity contribution in [1.29, 1.82) is 0 Å². The Morgan fingerprint density at radius 1 is 1.12 bits per heavy atom. The molecule has 3 rings (SSSR count). The second-order valence-electron chi connectivity index (χ2n) is 6.34. The van der Waals surface area contributed by atoms with Crippen LogP contribution in [0, 0.1) is 0 Å². The van der Waals surface area contributed by atoms with Gasteiger partial charge in [0.25, 0.3) is 0 Å². The molecule has 0 unspecified atom stereocenters. The lowest BCUT2D eigenvalue weighted by atomic mass is 10.2. The van der Waals surface area contributed by atoms with E-state index in [0.29, 0.717) is 12.4 Å². The Morgan fingerprint density at radius 2 is 1.96 bits per heavy atom. The third-order valence-electron chi connectivity index (χ3n) is 4.31. The van der Waals surface area contributed by atoms with Crippen molar-refractivity contribution in [2.45, 2.75) is 39.2 Å². The average molecular weight is 352 g/mol. The van der Waals surface area contributed by atoms with Gasteiger partial charge in [0, 0.05) is 5.56 Å². The summed E-state index contributed by atoms with van der Waals surface area (Å²) in [5.41, 5.74) is 2.46. The molecule has 1 heterocycles. The Labute approximate surface area is 153 Å². The van der Waals surface area contributed by atoms with Crippen LogP contribution in [0.3, 0.4) is 0 Å². The molecule has 0 aliphatic heterocycles. The van der Waals surface area contributed by atoms with Crippen LogP contribution in [0.15, 0.2) is 48.5 Å². The SMILES string of the molecule is CCCCCCOc1cccc(-c2nc3ccccc3n2CC(=O)O)c1. The van der Waals surface area contributed by atoms with E-state index in [4.69, 9.17) is 4.74 Å². The van der Waals surface area contributed by atoms with E-state index in [1.165, 1.54) is 19.3 Å². The maximum absolute atomic E-state index is 11.3. The van der Waals surface area contributed by atoms with Gasteiger partial charge in [0.15, 0.2) is 0 Å². The van der Waals surface area contributed by atoms with Crippen LogP contribution in [0.25, 0.3) is 22.4 Å². The van der Waals surface area contributed by atoms with Crippen LogP contribution >= 0.6 is 0 Å². The molecule has 0 bridgehead atoms. The summed E-state index contributed by atoms with van der Waals surface area (Å²) in [6.07, 6.45) is 4.64. The Kier molecular flexibility index (Phi) is 5.89. The van der Waals surface area contributed by atoms with E-state index < -0.39 is 5.97 Å². The number of rotatable bonds is 9. The molecule has 0 fully saturated rings. The first-order valence-corrected chi connectivity index (χ1v) is 9.09. The summed E-state index contributed by atoms with van der Waals surface area (Å²) < 4.78 is 7.59. The molecular weight excluding hydrogens is 328 g/mol. The van der Waals surface area contributed by atoms with Crippen molar-refractivity contribution >= 4 is 17.0 Å². The molecule has 0 radical (unpaired) electrons. The zero-order chi connectivity index (χ0) is 18.4. The summed E-state index contributed by atoms with van der Waals surface area (Å²) in [5.74, 6) is 0.538. The minimum atomic E-state index is -0.891. The zero-order valence-electron chi connectivity index (χ0n) is 15.0. The van der Waals surface area contributed by atoms with Crippen molar-refractivity contribution in [2.24, 2.45) is 0 Å². The number of hydrogen-bond acceptors (Lipinski definition) is 3. The third-order valence-corrected chi connectivity index (χ3v) is 4.31. The molecule has 26 heavy (non-hydrogen) atoms. The Balaban J connectivity index is 1.86. The molecule has 2 aromatic carbocycles. The minimum Gasteiger partial charge on any atom is -0.494 e. The normalized spacial score (nSPS) is 11.0. The van der Waals surface area contributed by atoms with Crippen LogP contribution in [-0.2, 0) is 11.3 Å². The van der Waals surface area contributed by atoms with Gasteiger partial charge < -0.3 is 14.4 Å². The monoisotopic (exact) mass is 352 g/mol. The van der Waals surface area contributed by atoms with E-state index in [2.05, 4.69) is 11.9 Å². The molecular formula is C21H24N2O3.